The predicted molar refractivity (Wildman–Crippen MR) is 132 cm³/mol. The van der Waals surface area contributed by atoms with E-state index < -0.39 is 6.04 Å². The Balaban J connectivity index is 1.73. The van der Waals surface area contributed by atoms with E-state index in [9.17, 15) is 9.59 Å². The van der Waals surface area contributed by atoms with Crippen LogP contribution in [0.2, 0.25) is 0 Å². The standard InChI is InChI=1S/C26H29BrN2O3/c1-18(2)28-26(31)19(3)29(16-15-20-9-5-4-6-10-20)24(30)17-32-23-14-13-21-11-7-8-12-22(21)25(23)27/h4-14,18-19H,15-17H2,1-3H3,(H,28,31)/t19-/m0/s1. The number of amides is 2. The van der Waals surface area contributed by atoms with Crippen LogP contribution in [0.3, 0.4) is 0 Å². The summed E-state index contributed by atoms with van der Waals surface area (Å²) in [5, 5.41) is 5.00. The van der Waals surface area contributed by atoms with Gasteiger partial charge in [0, 0.05) is 12.6 Å². The minimum absolute atomic E-state index is 0.000769. The highest BCUT2D eigenvalue weighted by molar-refractivity contribution is 9.10. The molecule has 0 aliphatic heterocycles. The Morgan fingerprint density at radius 3 is 2.38 bits per heavy atom. The first-order chi connectivity index (χ1) is 15.4. The molecule has 168 valence electrons. The molecular weight excluding hydrogens is 468 g/mol. The van der Waals surface area contributed by atoms with E-state index in [0.29, 0.717) is 18.7 Å². The minimum Gasteiger partial charge on any atom is -0.483 e. The minimum atomic E-state index is -0.600. The zero-order valence-corrected chi connectivity index (χ0v) is 20.3. The summed E-state index contributed by atoms with van der Waals surface area (Å²) in [5.74, 6) is 0.194. The first-order valence-corrected chi connectivity index (χ1v) is 11.6. The quantitative estimate of drug-likeness (QED) is 0.455. The number of halogens is 1. The highest BCUT2D eigenvalue weighted by atomic mass is 79.9. The maximum Gasteiger partial charge on any atom is 0.261 e. The maximum atomic E-state index is 13.2. The van der Waals surface area contributed by atoms with Crippen molar-refractivity contribution >= 4 is 38.5 Å². The van der Waals surface area contributed by atoms with E-state index in [1.165, 1.54) is 0 Å². The number of carbonyl (C=O) groups excluding carboxylic acids is 2. The van der Waals surface area contributed by atoms with Crippen molar-refractivity contribution in [2.75, 3.05) is 13.2 Å². The number of benzene rings is 3. The van der Waals surface area contributed by atoms with Crippen LogP contribution in [0.4, 0.5) is 0 Å². The van der Waals surface area contributed by atoms with Crippen molar-refractivity contribution in [1.29, 1.82) is 0 Å². The fourth-order valence-electron chi connectivity index (χ4n) is 3.52. The van der Waals surface area contributed by atoms with Gasteiger partial charge in [-0.1, -0.05) is 60.7 Å². The fraction of sp³-hybridized carbons (Fsp3) is 0.308. The number of nitrogens with zero attached hydrogens (tertiary/aromatic N) is 1. The molecule has 3 aromatic carbocycles. The van der Waals surface area contributed by atoms with Crippen LogP contribution in [0.5, 0.6) is 5.75 Å². The molecule has 32 heavy (non-hydrogen) atoms. The fourth-order valence-corrected chi connectivity index (χ4v) is 4.13. The van der Waals surface area contributed by atoms with Crippen molar-refractivity contribution in [3.63, 3.8) is 0 Å². The summed E-state index contributed by atoms with van der Waals surface area (Å²) in [6, 6.07) is 21.1. The number of hydrogen-bond donors (Lipinski definition) is 1. The molecule has 0 fully saturated rings. The Kier molecular flexibility index (Phi) is 8.28. The van der Waals surface area contributed by atoms with Gasteiger partial charge in [-0.15, -0.1) is 0 Å². The van der Waals surface area contributed by atoms with Gasteiger partial charge in [0.15, 0.2) is 6.61 Å². The molecule has 3 rings (SSSR count). The van der Waals surface area contributed by atoms with Gasteiger partial charge in [0.25, 0.3) is 5.91 Å². The van der Waals surface area contributed by atoms with Crippen LogP contribution in [0.1, 0.15) is 26.3 Å². The third-order valence-electron chi connectivity index (χ3n) is 5.26. The largest absolute Gasteiger partial charge is 0.483 e. The second kappa shape index (κ2) is 11.1. The first kappa shape index (κ1) is 23.8. The number of ether oxygens (including phenoxy) is 1. The van der Waals surface area contributed by atoms with Gasteiger partial charge >= 0.3 is 0 Å². The number of nitrogens with one attached hydrogen (secondary N) is 1. The first-order valence-electron chi connectivity index (χ1n) is 10.8. The molecule has 0 aliphatic rings. The zero-order valence-electron chi connectivity index (χ0n) is 18.7. The lowest BCUT2D eigenvalue weighted by Crippen LogP contribution is -2.51. The van der Waals surface area contributed by atoms with E-state index in [4.69, 9.17) is 4.74 Å². The monoisotopic (exact) mass is 496 g/mol. The smallest absolute Gasteiger partial charge is 0.261 e. The molecule has 1 N–H and O–H groups in total. The molecule has 5 nitrogen and oxygen atoms in total. The highest BCUT2D eigenvalue weighted by Crippen LogP contribution is 2.33. The lowest BCUT2D eigenvalue weighted by molar-refractivity contribution is -0.141. The van der Waals surface area contributed by atoms with E-state index in [-0.39, 0.29) is 24.5 Å². The van der Waals surface area contributed by atoms with Crippen molar-refractivity contribution in [2.24, 2.45) is 0 Å². The molecule has 0 unspecified atom stereocenters. The second-order valence-corrected chi connectivity index (χ2v) is 8.84. The molecule has 1 atom stereocenters. The summed E-state index contributed by atoms with van der Waals surface area (Å²) in [6.45, 7) is 5.84. The third kappa shape index (κ3) is 6.10. The molecule has 0 aliphatic carbocycles. The van der Waals surface area contributed by atoms with Crippen LogP contribution in [0, 0.1) is 0 Å². The van der Waals surface area contributed by atoms with Crippen LogP contribution in [-0.4, -0.2) is 41.9 Å². The van der Waals surface area contributed by atoms with Gasteiger partial charge in [0.1, 0.15) is 11.8 Å². The zero-order chi connectivity index (χ0) is 23.1. The topological polar surface area (TPSA) is 58.6 Å². The van der Waals surface area contributed by atoms with E-state index in [0.717, 1.165) is 20.8 Å². The molecule has 0 radical (unpaired) electrons. The van der Waals surface area contributed by atoms with Gasteiger partial charge in [-0.3, -0.25) is 9.59 Å². The van der Waals surface area contributed by atoms with Crippen LogP contribution in [-0.2, 0) is 16.0 Å². The Morgan fingerprint density at radius 1 is 0.969 bits per heavy atom. The molecule has 0 saturated carbocycles. The molecule has 0 spiro atoms. The molecule has 0 saturated heterocycles. The summed E-state index contributed by atoms with van der Waals surface area (Å²) >= 11 is 3.60. The van der Waals surface area contributed by atoms with Crippen molar-refractivity contribution in [3.05, 3.63) is 76.8 Å². The third-order valence-corrected chi connectivity index (χ3v) is 6.08. The van der Waals surface area contributed by atoms with Gasteiger partial charge in [-0.2, -0.15) is 0 Å². The van der Waals surface area contributed by atoms with Gasteiger partial charge < -0.3 is 15.0 Å². The van der Waals surface area contributed by atoms with Gasteiger partial charge in [-0.25, -0.2) is 0 Å². The highest BCUT2D eigenvalue weighted by Gasteiger charge is 2.26. The summed E-state index contributed by atoms with van der Waals surface area (Å²) in [4.78, 5) is 27.4. The summed E-state index contributed by atoms with van der Waals surface area (Å²) < 4.78 is 6.69. The van der Waals surface area contributed by atoms with Crippen LogP contribution >= 0.6 is 15.9 Å². The van der Waals surface area contributed by atoms with Gasteiger partial charge in [0.2, 0.25) is 5.91 Å². The van der Waals surface area contributed by atoms with Crippen LogP contribution < -0.4 is 10.1 Å². The molecule has 3 aromatic rings. The number of fused-ring (bicyclic) bond motifs is 1. The Labute approximate surface area is 197 Å². The summed E-state index contributed by atoms with van der Waals surface area (Å²) in [6.07, 6.45) is 0.658. The lowest BCUT2D eigenvalue weighted by Gasteiger charge is -2.29. The Bertz CT molecular complexity index is 1070. The molecular formula is C26H29BrN2O3. The number of carbonyl (C=O) groups is 2. The molecule has 0 bridgehead atoms. The van der Waals surface area contributed by atoms with Crippen molar-refractivity contribution in [2.45, 2.75) is 39.3 Å². The summed E-state index contributed by atoms with van der Waals surface area (Å²) in [7, 11) is 0. The maximum absolute atomic E-state index is 13.2. The number of hydrogen-bond acceptors (Lipinski definition) is 3. The average Bonchev–Trinajstić information content (AvgIpc) is 2.79. The Morgan fingerprint density at radius 2 is 1.66 bits per heavy atom. The van der Waals surface area contributed by atoms with Gasteiger partial charge in [-0.05, 0) is 65.5 Å². The van der Waals surface area contributed by atoms with Crippen LogP contribution in [0.15, 0.2) is 71.2 Å². The van der Waals surface area contributed by atoms with E-state index in [1.807, 2.05) is 80.6 Å². The van der Waals surface area contributed by atoms with Crippen molar-refractivity contribution < 1.29 is 14.3 Å². The SMILES string of the molecule is CC(C)NC(=O)[C@H](C)N(CCc1ccccc1)C(=O)COc1ccc2ccccc2c1Br. The van der Waals surface area contributed by atoms with E-state index in [1.54, 1.807) is 11.8 Å². The molecule has 2 amide bonds. The van der Waals surface area contributed by atoms with Crippen molar-refractivity contribution in [1.82, 2.24) is 10.2 Å². The van der Waals surface area contributed by atoms with Gasteiger partial charge in [0.05, 0.1) is 4.47 Å². The van der Waals surface area contributed by atoms with Crippen LogP contribution in [0.25, 0.3) is 10.8 Å². The predicted octanol–water partition coefficient (Wildman–Crippen LogP) is 4.97. The van der Waals surface area contributed by atoms with Crippen molar-refractivity contribution in [3.8, 4) is 5.75 Å². The summed E-state index contributed by atoms with van der Waals surface area (Å²) in [5.41, 5.74) is 1.11. The second-order valence-electron chi connectivity index (χ2n) is 8.05. The molecule has 0 heterocycles. The Hall–Kier alpha value is -2.86. The number of rotatable bonds is 9. The normalized spacial score (nSPS) is 11.9. The molecule has 6 heteroatoms. The van der Waals surface area contributed by atoms with E-state index in [2.05, 4.69) is 21.2 Å². The average molecular weight is 497 g/mol. The lowest BCUT2D eigenvalue weighted by atomic mass is 10.1. The van der Waals surface area contributed by atoms with E-state index >= 15 is 0 Å². The molecule has 0 aromatic heterocycles.